The Balaban J connectivity index is 1.27. The van der Waals surface area contributed by atoms with Crippen LogP contribution in [-0.2, 0) is 0 Å². The number of benzene rings is 7. The van der Waals surface area contributed by atoms with E-state index in [1.807, 2.05) is 48.5 Å². The van der Waals surface area contributed by atoms with Crippen LogP contribution in [0.3, 0.4) is 0 Å². The Labute approximate surface area is 300 Å². The number of rotatable bonds is 5. The molecule has 0 saturated carbocycles. The third-order valence-corrected chi connectivity index (χ3v) is 9.92. The van der Waals surface area contributed by atoms with Gasteiger partial charge in [-0.15, -0.1) is 0 Å². The number of para-hydroxylation sites is 2. The molecule has 10 aromatic rings. The highest BCUT2D eigenvalue weighted by molar-refractivity contribution is 6.26. The van der Waals surface area contributed by atoms with Crippen LogP contribution in [0.1, 0.15) is 0 Å². The minimum absolute atomic E-state index is 0.620. The van der Waals surface area contributed by atoms with E-state index in [1.54, 1.807) is 0 Å². The quantitative estimate of drug-likeness (QED) is 0.172. The zero-order chi connectivity index (χ0) is 34.6. The number of hydrogen-bond acceptors (Lipinski definition) is 2. The lowest BCUT2D eigenvalue weighted by Crippen LogP contribution is -1.98. The molecule has 3 aromatic heterocycles. The summed E-state index contributed by atoms with van der Waals surface area (Å²) in [5, 5.41) is 4.50. The molecule has 0 atom stereocenters. The van der Waals surface area contributed by atoms with Crippen molar-refractivity contribution in [3.8, 4) is 45.3 Å². The predicted molar refractivity (Wildman–Crippen MR) is 213 cm³/mol. The van der Waals surface area contributed by atoms with Gasteiger partial charge in [0.05, 0.1) is 40.0 Å². The lowest BCUT2D eigenvalue weighted by Gasteiger charge is -2.13. The lowest BCUT2D eigenvalue weighted by molar-refractivity contribution is 1.16. The van der Waals surface area contributed by atoms with E-state index in [1.165, 1.54) is 10.8 Å². The second-order valence-electron chi connectivity index (χ2n) is 12.9. The molecule has 7 aromatic carbocycles. The molecular weight excluding hydrogens is 635 g/mol. The van der Waals surface area contributed by atoms with Crippen molar-refractivity contribution in [3.63, 3.8) is 0 Å². The molecule has 52 heavy (non-hydrogen) atoms. The topological polar surface area (TPSA) is 40.0 Å². The van der Waals surface area contributed by atoms with Crippen molar-refractivity contribution < 1.29 is 0 Å². The molecule has 0 aliphatic heterocycles. The zero-order valence-corrected chi connectivity index (χ0v) is 28.0. The van der Waals surface area contributed by atoms with Gasteiger partial charge in [0.25, 0.3) is 0 Å². The van der Waals surface area contributed by atoms with Gasteiger partial charge in [0.15, 0.2) is 11.5 Å². The Morgan fingerprint density at radius 3 is 1.81 bits per heavy atom. The van der Waals surface area contributed by atoms with Gasteiger partial charge >= 0.3 is 0 Å². The molecule has 0 spiro atoms. The van der Waals surface area contributed by atoms with Crippen LogP contribution < -0.4 is 0 Å². The second-order valence-corrected chi connectivity index (χ2v) is 12.9. The normalized spacial score (nSPS) is 11.4. The molecule has 10 rings (SSSR count). The molecule has 0 amide bonds. The van der Waals surface area contributed by atoms with Crippen molar-refractivity contribution in [2.24, 2.45) is 0 Å². The Morgan fingerprint density at radius 1 is 0.423 bits per heavy atom. The van der Waals surface area contributed by atoms with Gasteiger partial charge in [0, 0.05) is 44.2 Å². The zero-order valence-electron chi connectivity index (χ0n) is 28.0. The molecule has 0 bridgehead atoms. The fraction of sp³-hybridized carbons (Fsp3) is 0. The first-order chi connectivity index (χ1) is 25.7. The first-order valence-electron chi connectivity index (χ1n) is 17.3. The van der Waals surface area contributed by atoms with Crippen molar-refractivity contribution in [1.29, 1.82) is 0 Å². The highest BCUT2D eigenvalue weighted by Gasteiger charge is 2.21. The van der Waals surface area contributed by atoms with Crippen LogP contribution in [0.5, 0.6) is 0 Å². The number of aromatic nitrogens is 4. The van der Waals surface area contributed by atoms with Crippen LogP contribution >= 0.6 is 0 Å². The maximum atomic E-state index is 7.82. The average Bonchev–Trinajstić information content (AvgIpc) is 3.74. The van der Waals surface area contributed by atoms with Crippen LogP contribution in [0.2, 0.25) is 0 Å². The lowest BCUT2D eigenvalue weighted by atomic mass is 10.1. The molecule has 0 fully saturated rings. The Hall–Kier alpha value is -7.29. The number of nitrogens with zero attached hydrogens (tertiary/aromatic N) is 5. The smallest absolute Gasteiger partial charge is 0.188 e. The number of fused-ring (bicyclic) bond motifs is 7. The van der Waals surface area contributed by atoms with Crippen molar-refractivity contribution in [3.05, 3.63) is 187 Å². The second kappa shape index (κ2) is 11.9. The summed E-state index contributed by atoms with van der Waals surface area (Å²) in [6.07, 6.45) is 0. The summed E-state index contributed by atoms with van der Waals surface area (Å²) in [5.41, 5.74) is 11.9. The maximum absolute atomic E-state index is 7.82. The minimum atomic E-state index is 0.620. The summed E-state index contributed by atoms with van der Waals surface area (Å²) in [6, 6.07) is 60.8. The largest absolute Gasteiger partial charge is 0.309 e. The van der Waals surface area contributed by atoms with Crippen LogP contribution in [0, 0.1) is 6.57 Å². The Morgan fingerprint density at radius 2 is 1.04 bits per heavy atom. The first-order valence-corrected chi connectivity index (χ1v) is 17.3. The van der Waals surface area contributed by atoms with Gasteiger partial charge in [0.2, 0.25) is 0 Å². The molecule has 242 valence electrons. The minimum Gasteiger partial charge on any atom is -0.309 e. The van der Waals surface area contributed by atoms with Gasteiger partial charge in [-0.1, -0.05) is 121 Å². The number of hydrogen-bond donors (Lipinski definition) is 0. The Kier molecular flexibility index (Phi) is 6.80. The summed E-state index contributed by atoms with van der Waals surface area (Å²) in [7, 11) is 0. The molecule has 0 unspecified atom stereocenters. The highest BCUT2D eigenvalue weighted by atomic mass is 15.0. The highest BCUT2D eigenvalue weighted by Crippen LogP contribution is 2.43. The summed E-state index contributed by atoms with van der Waals surface area (Å²) >= 11 is 0. The van der Waals surface area contributed by atoms with E-state index in [2.05, 4.69) is 141 Å². The standard InChI is InChI=1S/C47H29N5/c1-48-34-24-26-43-39(29-34)37-25-27-44-45(38-22-11-12-23-42(38)51(44)35-19-9-4-10-20-35)46(37)52(43)36-21-13-18-33(28-36)41-30-40(31-14-5-2-6-15-31)49-47(50-41)32-16-7-3-8-17-32/h2-30H. The van der Waals surface area contributed by atoms with Crippen molar-refractivity contribution >= 4 is 49.3 Å². The van der Waals surface area contributed by atoms with Gasteiger partial charge < -0.3 is 9.13 Å². The molecule has 0 saturated heterocycles. The van der Waals surface area contributed by atoms with E-state index in [0.717, 1.165) is 72.3 Å². The molecule has 0 N–H and O–H groups in total. The van der Waals surface area contributed by atoms with Crippen molar-refractivity contribution in [2.75, 3.05) is 0 Å². The summed E-state index contributed by atoms with van der Waals surface area (Å²) < 4.78 is 4.72. The van der Waals surface area contributed by atoms with Crippen molar-refractivity contribution in [2.45, 2.75) is 0 Å². The van der Waals surface area contributed by atoms with Gasteiger partial charge in [-0.25, -0.2) is 14.8 Å². The molecule has 0 aliphatic carbocycles. The van der Waals surface area contributed by atoms with E-state index >= 15 is 0 Å². The summed E-state index contributed by atoms with van der Waals surface area (Å²) in [4.78, 5) is 14.0. The van der Waals surface area contributed by atoms with Crippen molar-refractivity contribution in [1.82, 2.24) is 19.1 Å². The summed E-state index contributed by atoms with van der Waals surface area (Å²) in [6.45, 7) is 7.82. The molecule has 3 heterocycles. The summed E-state index contributed by atoms with van der Waals surface area (Å²) in [5.74, 6) is 0.682. The monoisotopic (exact) mass is 663 g/mol. The molecule has 0 aliphatic rings. The Bertz CT molecular complexity index is 2950. The fourth-order valence-corrected chi connectivity index (χ4v) is 7.61. The predicted octanol–water partition coefficient (Wildman–Crippen LogP) is 12.2. The van der Waals surface area contributed by atoms with Gasteiger partial charge in [-0.3, -0.25) is 0 Å². The fourth-order valence-electron chi connectivity index (χ4n) is 7.61. The third kappa shape index (κ3) is 4.70. The first kappa shape index (κ1) is 29.6. The van der Waals surface area contributed by atoms with E-state index in [0.29, 0.717) is 11.5 Å². The van der Waals surface area contributed by atoms with Gasteiger partial charge in [-0.05, 0) is 60.0 Å². The van der Waals surface area contributed by atoms with Crippen LogP contribution in [-0.4, -0.2) is 19.1 Å². The average molecular weight is 664 g/mol. The van der Waals surface area contributed by atoms with E-state index in [4.69, 9.17) is 16.5 Å². The van der Waals surface area contributed by atoms with E-state index in [-0.39, 0.29) is 0 Å². The maximum Gasteiger partial charge on any atom is 0.188 e. The van der Waals surface area contributed by atoms with Crippen LogP contribution in [0.25, 0.3) is 93.7 Å². The van der Waals surface area contributed by atoms with Gasteiger partial charge in [0.1, 0.15) is 0 Å². The molecule has 5 nitrogen and oxygen atoms in total. The molecular formula is C47H29N5. The molecule has 5 heteroatoms. The molecule has 0 radical (unpaired) electrons. The third-order valence-electron chi connectivity index (χ3n) is 9.92. The van der Waals surface area contributed by atoms with Gasteiger partial charge in [-0.2, -0.15) is 0 Å². The van der Waals surface area contributed by atoms with Crippen LogP contribution in [0.4, 0.5) is 5.69 Å². The van der Waals surface area contributed by atoms with E-state index < -0.39 is 0 Å². The van der Waals surface area contributed by atoms with Crippen LogP contribution in [0.15, 0.2) is 176 Å². The van der Waals surface area contributed by atoms with E-state index in [9.17, 15) is 0 Å². The SMILES string of the molecule is [C-]#[N+]c1ccc2c(c1)c1ccc3c(c4ccccc4n3-c3ccccc3)c1n2-c1cccc(-c2cc(-c3ccccc3)nc(-c3ccccc3)n2)c1.